The van der Waals surface area contributed by atoms with Crippen LogP contribution in [0.25, 0.3) is 10.8 Å². The van der Waals surface area contributed by atoms with Gasteiger partial charge in [-0.1, -0.05) is 32.0 Å². The number of carbonyl (C=O) groups excluding carboxylic acids is 1. The average Bonchev–Trinajstić information content (AvgIpc) is 2.69. The molecular formula is C22H22N2O4. The Bertz CT molecular complexity index is 1100. The maximum absolute atomic E-state index is 13.0. The van der Waals surface area contributed by atoms with Crippen LogP contribution in [0.1, 0.15) is 24.2 Å². The van der Waals surface area contributed by atoms with Gasteiger partial charge in [-0.2, -0.15) is 0 Å². The highest BCUT2D eigenvalue weighted by atomic mass is 16.6. The van der Waals surface area contributed by atoms with Crippen molar-refractivity contribution in [2.75, 3.05) is 18.5 Å². The van der Waals surface area contributed by atoms with Crippen LogP contribution in [0, 0.1) is 5.92 Å². The number of pyridine rings is 1. The predicted molar refractivity (Wildman–Crippen MR) is 108 cm³/mol. The molecule has 2 aromatic carbocycles. The Labute approximate surface area is 162 Å². The molecular weight excluding hydrogens is 356 g/mol. The topological polar surface area (TPSA) is 69.6 Å². The van der Waals surface area contributed by atoms with Gasteiger partial charge < -0.3 is 19.4 Å². The van der Waals surface area contributed by atoms with E-state index in [1.54, 1.807) is 41.1 Å². The fourth-order valence-corrected chi connectivity index (χ4v) is 3.37. The molecule has 1 aliphatic rings. The molecule has 6 heteroatoms. The van der Waals surface area contributed by atoms with E-state index in [0.29, 0.717) is 53.3 Å². The van der Waals surface area contributed by atoms with Crippen LogP contribution < -0.4 is 20.3 Å². The van der Waals surface area contributed by atoms with Crippen LogP contribution in [-0.2, 0) is 6.54 Å². The number of fused-ring (bicyclic) bond motifs is 2. The highest BCUT2D eigenvalue weighted by molar-refractivity contribution is 6.12. The highest BCUT2D eigenvalue weighted by Gasteiger charge is 2.17. The molecule has 1 amide bonds. The largest absolute Gasteiger partial charge is 0.486 e. The molecule has 0 fully saturated rings. The van der Waals surface area contributed by atoms with Crippen molar-refractivity contribution in [1.82, 2.24) is 4.57 Å². The van der Waals surface area contributed by atoms with Gasteiger partial charge in [0.25, 0.3) is 11.5 Å². The van der Waals surface area contributed by atoms with E-state index in [1.807, 2.05) is 26.0 Å². The van der Waals surface area contributed by atoms with Gasteiger partial charge in [0.1, 0.15) is 13.2 Å². The Morgan fingerprint density at radius 3 is 2.54 bits per heavy atom. The summed E-state index contributed by atoms with van der Waals surface area (Å²) in [7, 11) is 0. The van der Waals surface area contributed by atoms with Gasteiger partial charge >= 0.3 is 0 Å². The van der Waals surface area contributed by atoms with Gasteiger partial charge in [-0.3, -0.25) is 9.59 Å². The first-order chi connectivity index (χ1) is 13.5. The second-order valence-electron chi connectivity index (χ2n) is 7.25. The summed E-state index contributed by atoms with van der Waals surface area (Å²) in [5.74, 6) is 1.29. The van der Waals surface area contributed by atoms with E-state index in [0.717, 1.165) is 0 Å². The molecule has 2 heterocycles. The van der Waals surface area contributed by atoms with Crippen molar-refractivity contribution < 1.29 is 14.3 Å². The molecule has 28 heavy (non-hydrogen) atoms. The molecule has 1 aliphatic heterocycles. The molecule has 0 unspecified atom stereocenters. The summed E-state index contributed by atoms with van der Waals surface area (Å²) < 4.78 is 12.7. The summed E-state index contributed by atoms with van der Waals surface area (Å²) in [4.78, 5) is 25.8. The fraction of sp³-hybridized carbons (Fsp3) is 0.273. The van der Waals surface area contributed by atoms with E-state index in [-0.39, 0.29) is 17.4 Å². The smallest absolute Gasteiger partial charge is 0.258 e. The van der Waals surface area contributed by atoms with E-state index < -0.39 is 0 Å². The first-order valence-corrected chi connectivity index (χ1v) is 9.36. The van der Waals surface area contributed by atoms with Crippen LogP contribution in [0.3, 0.4) is 0 Å². The number of benzene rings is 2. The van der Waals surface area contributed by atoms with Crippen LogP contribution in [0.5, 0.6) is 11.5 Å². The fourth-order valence-electron chi connectivity index (χ4n) is 3.37. The molecule has 0 radical (unpaired) electrons. The third-order valence-electron chi connectivity index (χ3n) is 4.60. The Morgan fingerprint density at radius 1 is 1.07 bits per heavy atom. The lowest BCUT2D eigenvalue weighted by Gasteiger charge is -2.19. The molecule has 0 saturated carbocycles. The Morgan fingerprint density at radius 2 is 1.79 bits per heavy atom. The van der Waals surface area contributed by atoms with Gasteiger partial charge in [0.15, 0.2) is 11.5 Å². The van der Waals surface area contributed by atoms with E-state index in [1.165, 1.54) is 0 Å². The van der Waals surface area contributed by atoms with Crippen molar-refractivity contribution in [3.63, 3.8) is 0 Å². The molecule has 4 rings (SSSR count). The first-order valence-electron chi connectivity index (χ1n) is 9.36. The lowest BCUT2D eigenvalue weighted by molar-refractivity contribution is 0.102. The number of anilines is 1. The summed E-state index contributed by atoms with van der Waals surface area (Å²) in [6.45, 7) is 5.62. The molecule has 1 aromatic heterocycles. The lowest BCUT2D eigenvalue weighted by atomic mass is 10.1. The maximum Gasteiger partial charge on any atom is 0.258 e. The number of nitrogens with zero attached hydrogens (tertiary/aromatic N) is 1. The monoisotopic (exact) mass is 378 g/mol. The Hall–Kier alpha value is -3.28. The van der Waals surface area contributed by atoms with Crippen molar-refractivity contribution in [2.24, 2.45) is 5.92 Å². The minimum absolute atomic E-state index is 0.0832. The van der Waals surface area contributed by atoms with Gasteiger partial charge in [-0.05, 0) is 24.1 Å². The summed E-state index contributed by atoms with van der Waals surface area (Å²) in [5.41, 5.74) is 0.992. The quantitative estimate of drug-likeness (QED) is 0.752. The number of hydrogen-bond acceptors (Lipinski definition) is 4. The van der Waals surface area contributed by atoms with E-state index in [4.69, 9.17) is 9.47 Å². The normalized spacial score (nSPS) is 13.0. The van der Waals surface area contributed by atoms with Gasteiger partial charge in [0.05, 0.1) is 5.56 Å². The summed E-state index contributed by atoms with van der Waals surface area (Å²) in [5, 5.41) is 4.09. The van der Waals surface area contributed by atoms with Gasteiger partial charge in [-0.15, -0.1) is 0 Å². The number of amides is 1. The van der Waals surface area contributed by atoms with Crippen LogP contribution in [-0.4, -0.2) is 23.7 Å². The third-order valence-corrected chi connectivity index (χ3v) is 4.60. The molecule has 0 spiro atoms. The maximum atomic E-state index is 13.0. The van der Waals surface area contributed by atoms with Gasteiger partial charge in [0, 0.05) is 35.3 Å². The van der Waals surface area contributed by atoms with E-state index >= 15 is 0 Å². The van der Waals surface area contributed by atoms with Crippen LogP contribution in [0.4, 0.5) is 5.69 Å². The number of rotatable bonds is 4. The lowest BCUT2D eigenvalue weighted by Crippen LogP contribution is -2.25. The minimum Gasteiger partial charge on any atom is -0.486 e. The molecule has 6 nitrogen and oxygen atoms in total. The standard InChI is InChI=1S/C22H22N2O4/c1-14(2)12-24-13-18(16-5-3-4-6-17(16)22(24)26)21(25)23-15-7-8-19-20(11-15)28-10-9-27-19/h3-8,11,13-14H,9-10,12H2,1-2H3,(H,23,25). The van der Waals surface area contributed by atoms with Crippen LogP contribution >= 0.6 is 0 Å². The third kappa shape index (κ3) is 3.45. The Balaban J connectivity index is 1.72. The number of aromatic nitrogens is 1. The van der Waals surface area contributed by atoms with Crippen molar-refractivity contribution in [1.29, 1.82) is 0 Å². The number of hydrogen-bond donors (Lipinski definition) is 1. The summed E-state index contributed by atoms with van der Waals surface area (Å²) >= 11 is 0. The van der Waals surface area contributed by atoms with Crippen LogP contribution in [0.15, 0.2) is 53.5 Å². The zero-order valence-corrected chi connectivity index (χ0v) is 15.9. The molecule has 1 N–H and O–H groups in total. The van der Waals surface area contributed by atoms with E-state index in [9.17, 15) is 9.59 Å². The summed E-state index contributed by atoms with van der Waals surface area (Å²) in [6.07, 6.45) is 1.65. The zero-order valence-electron chi connectivity index (χ0n) is 15.9. The van der Waals surface area contributed by atoms with Crippen molar-refractivity contribution in [3.8, 4) is 11.5 Å². The van der Waals surface area contributed by atoms with Gasteiger partial charge in [0.2, 0.25) is 0 Å². The van der Waals surface area contributed by atoms with E-state index in [2.05, 4.69) is 5.32 Å². The van der Waals surface area contributed by atoms with Crippen LogP contribution in [0.2, 0.25) is 0 Å². The minimum atomic E-state index is -0.273. The second-order valence-corrected chi connectivity index (χ2v) is 7.25. The van der Waals surface area contributed by atoms with Crippen molar-refractivity contribution in [2.45, 2.75) is 20.4 Å². The number of nitrogens with one attached hydrogen (secondary N) is 1. The molecule has 144 valence electrons. The summed E-state index contributed by atoms with van der Waals surface area (Å²) in [6, 6.07) is 12.5. The molecule has 0 atom stereocenters. The highest BCUT2D eigenvalue weighted by Crippen LogP contribution is 2.32. The molecule has 0 saturated heterocycles. The Kier molecular flexibility index (Phi) is 4.77. The van der Waals surface area contributed by atoms with Crippen molar-refractivity contribution in [3.05, 3.63) is 64.6 Å². The second kappa shape index (κ2) is 7.38. The molecule has 3 aromatic rings. The number of carbonyl (C=O) groups is 1. The number of ether oxygens (including phenoxy) is 2. The SMILES string of the molecule is CC(C)Cn1cc(C(=O)Nc2ccc3c(c2)OCCO3)c2ccccc2c1=O. The zero-order chi connectivity index (χ0) is 19.7. The average molecular weight is 378 g/mol. The van der Waals surface area contributed by atoms with Gasteiger partial charge in [-0.25, -0.2) is 0 Å². The first kappa shape index (κ1) is 18.1. The van der Waals surface area contributed by atoms with Crippen molar-refractivity contribution >= 4 is 22.4 Å². The molecule has 0 aliphatic carbocycles. The predicted octanol–water partition coefficient (Wildman–Crippen LogP) is 3.68. The molecule has 0 bridgehead atoms.